The van der Waals surface area contributed by atoms with Crippen LogP contribution in [0.1, 0.15) is 13.3 Å². The Balaban J connectivity index is 3.04. The normalized spacial score (nSPS) is 12.7. The quantitative estimate of drug-likeness (QED) is 0.374. The first kappa shape index (κ1) is 6.78. The maximum atomic E-state index is 5.17. The van der Waals surface area contributed by atoms with E-state index in [1.807, 2.05) is 0 Å². The van der Waals surface area contributed by atoms with Gasteiger partial charge >= 0.3 is 0 Å². The van der Waals surface area contributed by atoms with Crippen LogP contribution in [0.15, 0.2) is 0 Å². The van der Waals surface area contributed by atoms with Gasteiger partial charge in [-0.15, -0.1) is 12.0 Å². The molecular weight excluding hydrogens is 100 g/mol. The average Bonchev–Trinajstić information content (AvgIpc) is 1.68. The fourth-order valence-corrected chi connectivity index (χ4v) is 1.55. The van der Waals surface area contributed by atoms with Crippen molar-refractivity contribution in [3.05, 3.63) is 0 Å². The third-order valence-corrected chi connectivity index (χ3v) is 3.02. The Labute approximate surface area is 47.5 Å². The Kier molecular flexibility index (Phi) is 3.82. The van der Waals surface area contributed by atoms with Crippen molar-refractivity contribution in [2.75, 3.05) is 0 Å². The van der Waals surface area contributed by atoms with Crippen LogP contribution in [-0.4, -0.2) is 8.80 Å². The van der Waals surface area contributed by atoms with Crippen LogP contribution in [0.2, 0.25) is 12.6 Å². The molecule has 0 aliphatic heterocycles. The lowest BCUT2D eigenvalue weighted by Gasteiger charge is -1.93. The Morgan fingerprint density at radius 1 is 1.71 bits per heavy atom. The van der Waals surface area contributed by atoms with Gasteiger partial charge in [0, 0.05) is 0 Å². The van der Waals surface area contributed by atoms with Gasteiger partial charge in [0.25, 0.3) is 0 Å². The van der Waals surface area contributed by atoms with Crippen LogP contribution < -0.4 is 0 Å². The van der Waals surface area contributed by atoms with E-state index in [4.69, 9.17) is 6.42 Å². The Bertz CT molecular complexity index is 70.7. The third-order valence-electron chi connectivity index (χ3n) is 1.01. The molecular formula is C6H12Si. The second-order valence-electron chi connectivity index (χ2n) is 1.86. The van der Waals surface area contributed by atoms with Crippen LogP contribution >= 0.6 is 0 Å². The van der Waals surface area contributed by atoms with Crippen LogP contribution in [0.25, 0.3) is 0 Å². The van der Waals surface area contributed by atoms with Gasteiger partial charge in [-0.25, -0.2) is 0 Å². The summed E-state index contributed by atoms with van der Waals surface area (Å²) in [5.74, 6) is 0. The maximum absolute atomic E-state index is 5.17. The molecule has 0 aliphatic carbocycles. The summed E-state index contributed by atoms with van der Waals surface area (Å²) in [6, 6.07) is 1.30. The molecule has 0 radical (unpaired) electrons. The minimum absolute atomic E-state index is 0.654. The molecule has 0 aromatic carbocycles. The molecule has 1 heteroatoms. The minimum atomic E-state index is -0.654. The van der Waals surface area contributed by atoms with E-state index in [9.17, 15) is 0 Å². The predicted octanol–water partition coefficient (Wildman–Crippen LogP) is 1.43. The second kappa shape index (κ2) is 3.95. The van der Waals surface area contributed by atoms with Crippen molar-refractivity contribution in [1.29, 1.82) is 0 Å². The summed E-state index contributed by atoms with van der Waals surface area (Å²) in [5.41, 5.74) is 2.80. The van der Waals surface area contributed by atoms with Crippen molar-refractivity contribution >= 4 is 8.80 Å². The SMILES string of the molecule is C#C[SiH](C)CCC. The molecule has 0 spiro atoms. The molecule has 7 heavy (non-hydrogen) atoms. The molecule has 0 amide bonds. The molecule has 1 unspecified atom stereocenters. The highest BCUT2D eigenvalue weighted by molar-refractivity contribution is 6.66. The molecule has 0 saturated carbocycles. The van der Waals surface area contributed by atoms with Gasteiger partial charge in [-0.3, -0.25) is 0 Å². The summed E-state index contributed by atoms with van der Waals surface area (Å²) in [6.45, 7) is 4.39. The molecule has 0 rings (SSSR count). The van der Waals surface area contributed by atoms with E-state index in [2.05, 4.69) is 19.0 Å². The van der Waals surface area contributed by atoms with Gasteiger partial charge in [0.05, 0.1) is 0 Å². The monoisotopic (exact) mass is 112 g/mol. The fraction of sp³-hybridized carbons (Fsp3) is 0.667. The van der Waals surface area contributed by atoms with Crippen molar-refractivity contribution < 1.29 is 0 Å². The standard InChI is InChI=1S/C6H12Si/c1-4-6-7(3)5-2/h2,7H,4,6H2,1,3H3. The van der Waals surface area contributed by atoms with Crippen LogP contribution in [0.4, 0.5) is 0 Å². The zero-order valence-corrected chi connectivity index (χ0v) is 6.22. The summed E-state index contributed by atoms with van der Waals surface area (Å²) in [6.07, 6.45) is 6.43. The summed E-state index contributed by atoms with van der Waals surface area (Å²) >= 11 is 0. The number of rotatable bonds is 2. The van der Waals surface area contributed by atoms with E-state index < -0.39 is 8.80 Å². The predicted molar refractivity (Wildman–Crippen MR) is 36.9 cm³/mol. The lowest BCUT2D eigenvalue weighted by atomic mass is 10.6. The first-order valence-electron chi connectivity index (χ1n) is 2.77. The van der Waals surface area contributed by atoms with E-state index in [-0.39, 0.29) is 0 Å². The molecule has 0 nitrogen and oxygen atoms in total. The Hall–Kier alpha value is -0.223. The molecule has 0 fully saturated rings. The maximum Gasteiger partial charge on any atom is 0.119 e. The fourth-order valence-electron chi connectivity index (χ4n) is 0.516. The first-order valence-corrected chi connectivity index (χ1v) is 5.32. The molecule has 0 aromatic rings. The Morgan fingerprint density at radius 3 is 2.43 bits per heavy atom. The highest BCUT2D eigenvalue weighted by Gasteiger charge is 1.92. The van der Waals surface area contributed by atoms with Crippen LogP contribution in [0.3, 0.4) is 0 Å². The molecule has 0 aliphatic rings. The van der Waals surface area contributed by atoms with Crippen molar-refractivity contribution in [2.24, 2.45) is 0 Å². The van der Waals surface area contributed by atoms with E-state index in [1.165, 1.54) is 12.5 Å². The minimum Gasteiger partial charge on any atom is -0.139 e. The molecule has 0 aromatic heterocycles. The zero-order chi connectivity index (χ0) is 5.70. The molecule has 0 heterocycles. The van der Waals surface area contributed by atoms with Crippen molar-refractivity contribution in [1.82, 2.24) is 0 Å². The lowest BCUT2D eigenvalue weighted by Crippen LogP contribution is -2.00. The van der Waals surface area contributed by atoms with E-state index in [1.54, 1.807) is 0 Å². The van der Waals surface area contributed by atoms with Gasteiger partial charge in [-0.2, -0.15) is 0 Å². The van der Waals surface area contributed by atoms with Crippen molar-refractivity contribution in [3.8, 4) is 12.0 Å². The molecule has 1 atom stereocenters. The third kappa shape index (κ3) is 3.61. The summed E-state index contributed by atoms with van der Waals surface area (Å²) in [4.78, 5) is 0. The van der Waals surface area contributed by atoms with Gasteiger partial charge in [-0.05, 0) is 6.04 Å². The van der Waals surface area contributed by atoms with E-state index in [0.29, 0.717) is 0 Å². The van der Waals surface area contributed by atoms with Crippen molar-refractivity contribution in [2.45, 2.75) is 25.9 Å². The van der Waals surface area contributed by atoms with Gasteiger partial charge in [0.1, 0.15) is 8.80 Å². The summed E-state index contributed by atoms with van der Waals surface area (Å²) in [7, 11) is -0.654. The highest BCUT2D eigenvalue weighted by atomic mass is 28.3. The highest BCUT2D eigenvalue weighted by Crippen LogP contribution is 1.92. The largest absolute Gasteiger partial charge is 0.139 e. The number of terminal acetylenes is 1. The summed E-state index contributed by atoms with van der Waals surface area (Å²) < 4.78 is 0. The number of hydrogen-bond donors (Lipinski definition) is 0. The van der Waals surface area contributed by atoms with Crippen LogP contribution in [0, 0.1) is 12.0 Å². The molecule has 0 bridgehead atoms. The lowest BCUT2D eigenvalue weighted by molar-refractivity contribution is 1.07. The first-order chi connectivity index (χ1) is 3.31. The van der Waals surface area contributed by atoms with Gasteiger partial charge in [0.2, 0.25) is 0 Å². The van der Waals surface area contributed by atoms with Gasteiger partial charge < -0.3 is 0 Å². The smallest absolute Gasteiger partial charge is 0.119 e. The van der Waals surface area contributed by atoms with Gasteiger partial charge in [0.15, 0.2) is 0 Å². The average molecular weight is 112 g/mol. The molecule has 0 saturated heterocycles. The zero-order valence-electron chi connectivity index (χ0n) is 5.07. The number of hydrogen-bond acceptors (Lipinski definition) is 0. The van der Waals surface area contributed by atoms with Crippen molar-refractivity contribution in [3.63, 3.8) is 0 Å². The van der Waals surface area contributed by atoms with E-state index >= 15 is 0 Å². The molecule has 40 valence electrons. The van der Waals surface area contributed by atoms with Crippen LogP contribution in [-0.2, 0) is 0 Å². The van der Waals surface area contributed by atoms with E-state index in [0.717, 1.165) is 0 Å². The second-order valence-corrected chi connectivity index (χ2v) is 4.57. The topological polar surface area (TPSA) is 0 Å². The van der Waals surface area contributed by atoms with Crippen LogP contribution in [0.5, 0.6) is 0 Å². The Morgan fingerprint density at radius 2 is 2.29 bits per heavy atom. The summed E-state index contributed by atoms with van der Waals surface area (Å²) in [5, 5.41) is 0. The molecule has 0 N–H and O–H groups in total. The van der Waals surface area contributed by atoms with Gasteiger partial charge in [-0.1, -0.05) is 19.9 Å².